The summed E-state index contributed by atoms with van der Waals surface area (Å²) in [6, 6.07) is 12.7. The molecule has 1 aromatic heterocycles. The van der Waals surface area contributed by atoms with Crippen molar-refractivity contribution in [3.05, 3.63) is 52.7 Å². The van der Waals surface area contributed by atoms with Gasteiger partial charge in [-0.15, -0.1) is 11.3 Å². The van der Waals surface area contributed by atoms with E-state index in [0.29, 0.717) is 12.2 Å². The third kappa shape index (κ3) is 3.43. The molecule has 2 rings (SSSR count). The molecule has 0 aliphatic carbocycles. The van der Waals surface area contributed by atoms with E-state index in [-0.39, 0.29) is 0 Å². The Labute approximate surface area is 109 Å². The number of hydrogen-bond donors (Lipinski definition) is 2. The molecule has 0 fully saturated rings. The third-order valence-corrected chi connectivity index (χ3v) is 3.12. The molecule has 2 amide bonds. The summed E-state index contributed by atoms with van der Waals surface area (Å²) >= 11 is 1.53. The van der Waals surface area contributed by atoms with Gasteiger partial charge in [0.15, 0.2) is 0 Å². The van der Waals surface area contributed by atoms with E-state index in [4.69, 9.17) is 0 Å². The molecule has 2 N–H and O–H groups in total. The molecule has 0 aliphatic heterocycles. The molecule has 0 aliphatic rings. The monoisotopic (exact) mass is 260 g/mol. The molecule has 0 bridgehead atoms. The molecule has 0 atom stereocenters. The Bertz CT molecular complexity index is 523. The molecule has 5 heteroatoms. The Hall–Kier alpha value is -2.14. The SMILES string of the molecule is O=C(NCc1cccs1)C(=O)Nc1ccccc1. The first-order valence-corrected chi connectivity index (χ1v) is 6.30. The van der Waals surface area contributed by atoms with Gasteiger partial charge in [0, 0.05) is 10.6 Å². The fraction of sp³-hybridized carbons (Fsp3) is 0.0769. The van der Waals surface area contributed by atoms with Gasteiger partial charge in [0.05, 0.1) is 6.54 Å². The molecule has 92 valence electrons. The molecule has 0 spiro atoms. The van der Waals surface area contributed by atoms with Gasteiger partial charge in [0.2, 0.25) is 0 Å². The van der Waals surface area contributed by atoms with Crippen molar-refractivity contribution in [3.63, 3.8) is 0 Å². The zero-order chi connectivity index (χ0) is 12.8. The van der Waals surface area contributed by atoms with Crippen LogP contribution in [0.25, 0.3) is 0 Å². The first kappa shape index (κ1) is 12.3. The van der Waals surface area contributed by atoms with Crippen molar-refractivity contribution in [3.8, 4) is 0 Å². The van der Waals surface area contributed by atoms with Crippen LogP contribution in [0.4, 0.5) is 5.69 Å². The summed E-state index contributed by atoms with van der Waals surface area (Å²) in [5.74, 6) is -1.29. The molecule has 4 nitrogen and oxygen atoms in total. The highest BCUT2D eigenvalue weighted by atomic mass is 32.1. The van der Waals surface area contributed by atoms with Crippen molar-refractivity contribution < 1.29 is 9.59 Å². The maximum Gasteiger partial charge on any atom is 0.313 e. The Morgan fingerprint density at radius 1 is 1.00 bits per heavy atom. The van der Waals surface area contributed by atoms with Crippen molar-refractivity contribution in [2.75, 3.05) is 5.32 Å². The van der Waals surface area contributed by atoms with Crippen LogP contribution in [-0.4, -0.2) is 11.8 Å². The first-order chi connectivity index (χ1) is 8.75. The summed E-state index contributed by atoms with van der Waals surface area (Å²) < 4.78 is 0. The van der Waals surface area contributed by atoms with Crippen LogP contribution in [0, 0.1) is 0 Å². The highest BCUT2D eigenvalue weighted by Crippen LogP contribution is 2.07. The summed E-state index contributed by atoms with van der Waals surface area (Å²) in [7, 11) is 0. The smallest absolute Gasteiger partial charge is 0.313 e. The average molecular weight is 260 g/mol. The highest BCUT2D eigenvalue weighted by Gasteiger charge is 2.12. The number of carbonyl (C=O) groups excluding carboxylic acids is 2. The van der Waals surface area contributed by atoms with Gasteiger partial charge in [-0.1, -0.05) is 24.3 Å². The van der Waals surface area contributed by atoms with Crippen LogP contribution in [0.3, 0.4) is 0 Å². The van der Waals surface area contributed by atoms with Gasteiger partial charge < -0.3 is 10.6 Å². The van der Waals surface area contributed by atoms with E-state index in [1.165, 1.54) is 11.3 Å². The minimum atomic E-state index is -0.655. The molecule has 1 heterocycles. The zero-order valence-electron chi connectivity index (χ0n) is 9.55. The molecule has 0 unspecified atom stereocenters. The lowest BCUT2D eigenvalue weighted by molar-refractivity contribution is -0.136. The predicted molar refractivity (Wildman–Crippen MR) is 71.2 cm³/mol. The van der Waals surface area contributed by atoms with Crippen LogP contribution in [0.1, 0.15) is 4.88 Å². The Balaban J connectivity index is 1.84. The van der Waals surface area contributed by atoms with E-state index in [2.05, 4.69) is 10.6 Å². The number of thiophene rings is 1. The molecule has 0 radical (unpaired) electrons. The summed E-state index contributed by atoms with van der Waals surface area (Å²) in [5, 5.41) is 7.01. The molecule has 1 aromatic carbocycles. The van der Waals surface area contributed by atoms with E-state index in [0.717, 1.165) is 4.88 Å². The minimum Gasteiger partial charge on any atom is -0.343 e. The second-order valence-corrected chi connectivity index (χ2v) is 4.61. The fourth-order valence-electron chi connectivity index (χ4n) is 1.37. The molecule has 18 heavy (non-hydrogen) atoms. The van der Waals surface area contributed by atoms with Crippen molar-refractivity contribution in [2.24, 2.45) is 0 Å². The van der Waals surface area contributed by atoms with E-state index < -0.39 is 11.8 Å². The van der Waals surface area contributed by atoms with E-state index in [1.807, 2.05) is 23.6 Å². The van der Waals surface area contributed by atoms with Crippen LogP contribution in [-0.2, 0) is 16.1 Å². The van der Waals surface area contributed by atoms with Gasteiger partial charge in [0.25, 0.3) is 0 Å². The second-order valence-electron chi connectivity index (χ2n) is 3.58. The number of nitrogens with one attached hydrogen (secondary N) is 2. The van der Waals surface area contributed by atoms with Gasteiger partial charge in [0.1, 0.15) is 0 Å². The third-order valence-electron chi connectivity index (χ3n) is 2.24. The number of anilines is 1. The largest absolute Gasteiger partial charge is 0.343 e. The molecular weight excluding hydrogens is 248 g/mol. The molecular formula is C13H12N2O2S. The van der Waals surface area contributed by atoms with E-state index in [9.17, 15) is 9.59 Å². The maximum atomic E-state index is 11.6. The van der Waals surface area contributed by atoms with E-state index >= 15 is 0 Å². The Morgan fingerprint density at radius 3 is 2.44 bits per heavy atom. The lowest BCUT2D eigenvalue weighted by atomic mass is 10.3. The number of hydrogen-bond acceptors (Lipinski definition) is 3. The van der Waals surface area contributed by atoms with Gasteiger partial charge >= 0.3 is 11.8 Å². The fourth-order valence-corrected chi connectivity index (χ4v) is 2.01. The lowest BCUT2D eigenvalue weighted by Gasteiger charge is -2.05. The Kier molecular flexibility index (Phi) is 4.09. The van der Waals surface area contributed by atoms with Crippen molar-refractivity contribution in [1.82, 2.24) is 5.32 Å². The number of rotatable bonds is 3. The number of amides is 2. The molecule has 0 saturated carbocycles. The Morgan fingerprint density at radius 2 is 1.78 bits per heavy atom. The van der Waals surface area contributed by atoms with Crippen molar-refractivity contribution in [1.29, 1.82) is 0 Å². The van der Waals surface area contributed by atoms with Crippen LogP contribution in [0.15, 0.2) is 47.8 Å². The van der Waals surface area contributed by atoms with Crippen LogP contribution >= 0.6 is 11.3 Å². The standard InChI is InChI=1S/C13H12N2O2S/c16-12(14-9-11-7-4-8-18-11)13(17)15-10-5-2-1-3-6-10/h1-8H,9H2,(H,14,16)(H,15,17). The topological polar surface area (TPSA) is 58.2 Å². The molecule has 2 aromatic rings. The predicted octanol–water partition coefficient (Wildman–Crippen LogP) is 2.00. The number of benzene rings is 1. The quantitative estimate of drug-likeness (QED) is 0.829. The van der Waals surface area contributed by atoms with Gasteiger partial charge in [-0.2, -0.15) is 0 Å². The summed E-state index contributed by atoms with van der Waals surface area (Å²) in [5.41, 5.74) is 0.605. The normalized spacial score (nSPS) is 9.78. The number of para-hydroxylation sites is 1. The maximum absolute atomic E-state index is 11.6. The van der Waals surface area contributed by atoms with Crippen molar-refractivity contribution >= 4 is 28.8 Å². The van der Waals surface area contributed by atoms with Gasteiger partial charge in [-0.05, 0) is 23.6 Å². The average Bonchev–Trinajstić information content (AvgIpc) is 2.90. The molecule has 0 saturated heterocycles. The van der Waals surface area contributed by atoms with Gasteiger partial charge in [-0.3, -0.25) is 9.59 Å². The summed E-state index contributed by atoms with van der Waals surface area (Å²) in [4.78, 5) is 24.1. The van der Waals surface area contributed by atoms with Crippen molar-refractivity contribution in [2.45, 2.75) is 6.54 Å². The summed E-state index contributed by atoms with van der Waals surface area (Å²) in [6.07, 6.45) is 0. The first-order valence-electron chi connectivity index (χ1n) is 5.42. The van der Waals surface area contributed by atoms with Crippen LogP contribution < -0.4 is 10.6 Å². The second kappa shape index (κ2) is 5.97. The zero-order valence-corrected chi connectivity index (χ0v) is 10.4. The summed E-state index contributed by atoms with van der Waals surface area (Å²) in [6.45, 7) is 0.374. The highest BCUT2D eigenvalue weighted by molar-refractivity contribution is 7.09. The van der Waals surface area contributed by atoms with Crippen LogP contribution in [0.2, 0.25) is 0 Å². The van der Waals surface area contributed by atoms with Gasteiger partial charge in [-0.25, -0.2) is 0 Å². The minimum absolute atomic E-state index is 0.374. The van der Waals surface area contributed by atoms with E-state index in [1.54, 1.807) is 24.3 Å². The number of carbonyl (C=O) groups is 2. The lowest BCUT2D eigenvalue weighted by Crippen LogP contribution is -2.34. The van der Waals surface area contributed by atoms with Crippen LogP contribution in [0.5, 0.6) is 0 Å².